The summed E-state index contributed by atoms with van der Waals surface area (Å²) in [6.45, 7) is 0.111. The molecule has 6 nitrogen and oxygen atoms in total. The molecule has 112 valence electrons. The SMILES string of the molecule is COC(=O)Cn1cc(C=C2SC(N)=NC2=O)c2ccccc21. The molecule has 2 aromatic rings. The number of aliphatic imine (C=N–C) groups is 1. The Morgan fingerprint density at radius 1 is 1.45 bits per heavy atom. The molecule has 0 aliphatic carbocycles. The van der Waals surface area contributed by atoms with Crippen molar-refractivity contribution in [3.63, 3.8) is 0 Å². The van der Waals surface area contributed by atoms with Crippen LogP contribution in [0.1, 0.15) is 5.56 Å². The number of ether oxygens (including phenoxy) is 1. The summed E-state index contributed by atoms with van der Waals surface area (Å²) in [6, 6.07) is 7.64. The van der Waals surface area contributed by atoms with E-state index < -0.39 is 0 Å². The van der Waals surface area contributed by atoms with Crippen LogP contribution in [0.3, 0.4) is 0 Å². The summed E-state index contributed by atoms with van der Waals surface area (Å²) in [6.07, 6.45) is 3.56. The number of rotatable bonds is 3. The van der Waals surface area contributed by atoms with Gasteiger partial charge < -0.3 is 15.0 Å². The molecular formula is C15H13N3O3S. The van der Waals surface area contributed by atoms with Gasteiger partial charge in [0.25, 0.3) is 5.91 Å². The molecule has 2 N–H and O–H groups in total. The average molecular weight is 315 g/mol. The Labute approximate surface area is 130 Å². The lowest BCUT2D eigenvalue weighted by molar-refractivity contribution is -0.141. The fraction of sp³-hybridized carbons (Fsp3) is 0.133. The van der Waals surface area contributed by atoms with Crippen LogP contribution < -0.4 is 5.73 Å². The van der Waals surface area contributed by atoms with Crippen molar-refractivity contribution in [2.45, 2.75) is 6.54 Å². The van der Waals surface area contributed by atoms with Crippen molar-refractivity contribution >= 4 is 45.8 Å². The van der Waals surface area contributed by atoms with E-state index in [-0.39, 0.29) is 23.6 Å². The lowest BCUT2D eigenvalue weighted by Crippen LogP contribution is -2.10. The summed E-state index contributed by atoms with van der Waals surface area (Å²) in [5, 5.41) is 1.19. The normalized spacial score (nSPS) is 16.3. The van der Waals surface area contributed by atoms with E-state index >= 15 is 0 Å². The van der Waals surface area contributed by atoms with Gasteiger partial charge in [-0.15, -0.1) is 0 Å². The number of hydrogen-bond acceptors (Lipinski definition) is 5. The number of aromatic nitrogens is 1. The summed E-state index contributed by atoms with van der Waals surface area (Å²) < 4.78 is 6.50. The topological polar surface area (TPSA) is 86.7 Å². The zero-order valence-corrected chi connectivity index (χ0v) is 12.6. The lowest BCUT2D eigenvalue weighted by Gasteiger charge is -2.02. The van der Waals surface area contributed by atoms with E-state index in [0.29, 0.717) is 4.91 Å². The third kappa shape index (κ3) is 2.62. The number of benzene rings is 1. The van der Waals surface area contributed by atoms with Crippen molar-refractivity contribution in [1.82, 2.24) is 4.57 Å². The molecule has 3 rings (SSSR count). The molecule has 1 aliphatic heterocycles. The number of amidine groups is 1. The minimum absolute atomic E-state index is 0.111. The first-order chi connectivity index (χ1) is 10.6. The molecule has 0 saturated carbocycles. The molecule has 0 bridgehead atoms. The molecule has 7 heteroatoms. The maximum atomic E-state index is 11.7. The molecule has 0 atom stereocenters. The van der Waals surface area contributed by atoms with E-state index in [1.54, 1.807) is 10.6 Å². The fourth-order valence-electron chi connectivity index (χ4n) is 2.29. The van der Waals surface area contributed by atoms with Crippen LogP contribution in [0.15, 0.2) is 40.4 Å². The molecular weight excluding hydrogens is 302 g/mol. The van der Waals surface area contributed by atoms with Gasteiger partial charge in [-0.2, -0.15) is 4.99 Å². The smallest absolute Gasteiger partial charge is 0.325 e. The highest BCUT2D eigenvalue weighted by molar-refractivity contribution is 8.18. The van der Waals surface area contributed by atoms with Gasteiger partial charge in [-0.05, 0) is 23.9 Å². The van der Waals surface area contributed by atoms with Crippen molar-refractivity contribution in [2.75, 3.05) is 7.11 Å². The van der Waals surface area contributed by atoms with Gasteiger partial charge in [0.1, 0.15) is 6.54 Å². The molecule has 2 heterocycles. The van der Waals surface area contributed by atoms with Crippen LogP contribution in [0.2, 0.25) is 0 Å². The number of thioether (sulfide) groups is 1. The molecule has 1 aliphatic rings. The second-order valence-corrected chi connectivity index (χ2v) is 5.73. The summed E-state index contributed by atoms with van der Waals surface area (Å²) in [7, 11) is 1.35. The first kappa shape index (κ1) is 14.4. The Balaban J connectivity index is 2.05. The third-order valence-corrected chi connectivity index (χ3v) is 4.08. The molecule has 1 aromatic heterocycles. The van der Waals surface area contributed by atoms with Gasteiger partial charge in [0.05, 0.1) is 12.0 Å². The first-order valence-electron chi connectivity index (χ1n) is 6.51. The fourth-order valence-corrected chi connectivity index (χ4v) is 2.96. The molecule has 0 unspecified atom stereocenters. The largest absolute Gasteiger partial charge is 0.468 e. The van der Waals surface area contributed by atoms with Gasteiger partial charge in [0.15, 0.2) is 5.17 Å². The van der Waals surface area contributed by atoms with Gasteiger partial charge in [-0.1, -0.05) is 18.2 Å². The second kappa shape index (κ2) is 5.69. The summed E-state index contributed by atoms with van der Waals surface area (Å²) in [4.78, 5) is 27.4. The number of nitrogens with two attached hydrogens (primary N) is 1. The highest BCUT2D eigenvalue weighted by Crippen LogP contribution is 2.30. The van der Waals surface area contributed by atoms with Crippen molar-refractivity contribution < 1.29 is 14.3 Å². The number of para-hydroxylation sites is 1. The van der Waals surface area contributed by atoms with Gasteiger partial charge in [-0.25, -0.2) is 0 Å². The number of esters is 1. The van der Waals surface area contributed by atoms with Gasteiger partial charge >= 0.3 is 5.97 Å². The average Bonchev–Trinajstić information content (AvgIpc) is 3.00. The van der Waals surface area contributed by atoms with Crippen LogP contribution in [0, 0.1) is 0 Å². The van der Waals surface area contributed by atoms with E-state index in [2.05, 4.69) is 4.99 Å². The molecule has 22 heavy (non-hydrogen) atoms. The van der Waals surface area contributed by atoms with Crippen molar-refractivity contribution in [1.29, 1.82) is 0 Å². The maximum Gasteiger partial charge on any atom is 0.325 e. The second-order valence-electron chi connectivity index (χ2n) is 4.67. The number of fused-ring (bicyclic) bond motifs is 1. The Kier molecular flexibility index (Phi) is 3.72. The van der Waals surface area contributed by atoms with Crippen molar-refractivity contribution in [2.24, 2.45) is 10.7 Å². The third-order valence-electron chi connectivity index (χ3n) is 3.27. The van der Waals surface area contributed by atoms with Crippen molar-refractivity contribution in [3.8, 4) is 0 Å². The number of methoxy groups -OCH3 is 1. The Morgan fingerprint density at radius 2 is 2.23 bits per heavy atom. The number of amides is 1. The predicted octanol–water partition coefficient (Wildman–Crippen LogP) is 1.74. The van der Waals surface area contributed by atoms with E-state index in [4.69, 9.17) is 10.5 Å². The first-order valence-corrected chi connectivity index (χ1v) is 7.33. The van der Waals surface area contributed by atoms with Crippen LogP contribution in [0.4, 0.5) is 0 Å². The summed E-state index contributed by atoms with van der Waals surface area (Å²) >= 11 is 1.14. The van der Waals surface area contributed by atoms with E-state index in [0.717, 1.165) is 28.2 Å². The minimum Gasteiger partial charge on any atom is -0.468 e. The van der Waals surface area contributed by atoms with Crippen LogP contribution in [0.25, 0.3) is 17.0 Å². The van der Waals surface area contributed by atoms with Gasteiger partial charge in [0, 0.05) is 22.7 Å². The number of nitrogens with zero attached hydrogens (tertiary/aromatic N) is 2. The van der Waals surface area contributed by atoms with E-state index in [1.807, 2.05) is 30.5 Å². The number of hydrogen-bond donors (Lipinski definition) is 1. The van der Waals surface area contributed by atoms with Gasteiger partial charge in [0.2, 0.25) is 0 Å². The quantitative estimate of drug-likeness (QED) is 0.688. The number of carbonyl (C=O) groups excluding carboxylic acids is 2. The van der Waals surface area contributed by atoms with E-state index in [9.17, 15) is 9.59 Å². The molecule has 1 amide bonds. The molecule has 0 spiro atoms. The van der Waals surface area contributed by atoms with Gasteiger partial charge in [-0.3, -0.25) is 9.59 Å². The highest BCUT2D eigenvalue weighted by Gasteiger charge is 2.20. The zero-order valence-electron chi connectivity index (χ0n) is 11.8. The predicted molar refractivity (Wildman–Crippen MR) is 86.2 cm³/mol. The number of carbonyl (C=O) groups is 2. The Bertz CT molecular complexity index is 836. The highest BCUT2D eigenvalue weighted by atomic mass is 32.2. The zero-order chi connectivity index (χ0) is 15.7. The molecule has 0 fully saturated rings. The summed E-state index contributed by atoms with van der Waals surface area (Å²) in [5.74, 6) is -0.675. The van der Waals surface area contributed by atoms with Crippen LogP contribution in [-0.4, -0.2) is 28.7 Å². The van der Waals surface area contributed by atoms with Crippen LogP contribution in [-0.2, 0) is 20.9 Å². The monoisotopic (exact) mass is 315 g/mol. The molecule has 0 radical (unpaired) electrons. The molecule has 0 saturated heterocycles. The van der Waals surface area contributed by atoms with Crippen molar-refractivity contribution in [3.05, 3.63) is 40.9 Å². The maximum absolute atomic E-state index is 11.7. The standard InChI is InChI=1S/C15H13N3O3S/c1-21-13(19)8-18-7-9(10-4-2-3-5-11(10)18)6-12-14(20)17-15(16)22-12/h2-7H,8H2,1H3,(H2,16,17,20). The van der Waals surface area contributed by atoms with Crippen LogP contribution >= 0.6 is 11.8 Å². The minimum atomic E-state index is -0.340. The summed E-state index contributed by atoms with van der Waals surface area (Å²) in [5.41, 5.74) is 7.28. The lowest BCUT2D eigenvalue weighted by atomic mass is 10.1. The molecule has 1 aromatic carbocycles. The van der Waals surface area contributed by atoms with E-state index in [1.165, 1.54) is 7.11 Å². The Hall–Kier alpha value is -2.54. The Morgan fingerprint density at radius 3 is 2.91 bits per heavy atom. The van der Waals surface area contributed by atoms with Crippen LogP contribution in [0.5, 0.6) is 0 Å².